The van der Waals surface area contributed by atoms with Crippen molar-refractivity contribution in [1.82, 2.24) is 14.9 Å². The summed E-state index contributed by atoms with van der Waals surface area (Å²) in [7, 11) is 0. The highest BCUT2D eigenvalue weighted by Gasteiger charge is 1.97. The first-order chi connectivity index (χ1) is 11.8. The fourth-order valence-electron chi connectivity index (χ4n) is 2.03. The number of nitrogens with zero attached hydrogens (tertiary/aromatic N) is 4. The molecule has 0 aliphatic rings. The van der Waals surface area contributed by atoms with Crippen LogP contribution in [0.4, 0.5) is 0 Å². The molecule has 0 unspecified atom stereocenters. The summed E-state index contributed by atoms with van der Waals surface area (Å²) < 4.78 is 12.9. The van der Waals surface area contributed by atoms with E-state index in [1.54, 1.807) is 6.21 Å². The fraction of sp³-hybridized carbons (Fsp3) is 0.167. The molecule has 3 aromatic rings. The van der Waals surface area contributed by atoms with Gasteiger partial charge in [-0.05, 0) is 36.8 Å². The molecule has 0 aliphatic heterocycles. The quantitative estimate of drug-likeness (QED) is 0.496. The summed E-state index contributed by atoms with van der Waals surface area (Å²) in [5.41, 5.74) is 2.14. The zero-order valence-corrected chi connectivity index (χ0v) is 13.4. The van der Waals surface area contributed by atoms with E-state index in [0.29, 0.717) is 13.2 Å². The van der Waals surface area contributed by atoms with Crippen LogP contribution in [-0.4, -0.2) is 34.3 Å². The first kappa shape index (κ1) is 15.7. The zero-order valence-electron chi connectivity index (χ0n) is 13.4. The van der Waals surface area contributed by atoms with Crippen LogP contribution in [-0.2, 0) is 0 Å². The van der Waals surface area contributed by atoms with Crippen LogP contribution in [0.25, 0.3) is 0 Å². The van der Waals surface area contributed by atoms with E-state index >= 15 is 0 Å². The Kier molecular flexibility index (Phi) is 5.19. The van der Waals surface area contributed by atoms with Crippen molar-refractivity contribution < 1.29 is 9.47 Å². The summed E-state index contributed by atoms with van der Waals surface area (Å²) in [4.78, 5) is 0. The second-order valence-corrected chi connectivity index (χ2v) is 5.17. The molecule has 1 heterocycles. The average Bonchev–Trinajstić information content (AvgIpc) is 3.12. The molecule has 0 spiro atoms. The van der Waals surface area contributed by atoms with Gasteiger partial charge in [0.05, 0.1) is 6.21 Å². The third-order valence-corrected chi connectivity index (χ3v) is 3.25. The van der Waals surface area contributed by atoms with Crippen molar-refractivity contribution in [3.05, 3.63) is 72.3 Å². The molecule has 6 nitrogen and oxygen atoms in total. The van der Waals surface area contributed by atoms with Crippen molar-refractivity contribution in [2.75, 3.05) is 13.2 Å². The van der Waals surface area contributed by atoms with Crippen LogP contribution >= 0.6 is 0 Å². The molecule has 3 rings (SSSR count). The maximum atomic E-state index is 5.71. The predicted octanol–water partition coefficient (Wildman–Crippen LogP) is 2.93. The van der Waals surface area contributed by atoms with Gasteiger partial charge >= 0.3 is 0 Å². The van der Waals surface area contributed by atoms with Gasteiger partial charge in [0.2, 0.25) is 0 Å². The molecule has 0 bridgehead atoms. The topological polar surface area (TPSA) is 61.5 Å². The second kappa shape index (κ2) is 7.92. The molecule has 1 aromatic heterocycles. The molecule has 0 amide bonds. The van der Waals surface area contributed by atoms with E-state index in [9.17, 15) is 0 Å². The van der Waals surface area contributed by atoms with Gasteiger partial charge in [0.15, 0.2) is 0 Å². The summed E-state index contributed by atoms with van der Waals surface area (Å²) in [5.74, 6) is 1.62. The fourth-order valence-corrected chi connectivity index (χ4v) is 2.03. The number of hydrogen-bond donors (Lipinski definition) is 0. The summed E-state index contributed by atoms with van der Waals surface area (Å²) in [5, 5.41) is 11.6. The third-order valence-electron chi connectivity index (χ3n) is 3.25. The molecule has 0 N–H and O–H groups in total. The Morgan fingerprint density at radius 3 is 2.42 bits per heavy atom. The lowest BCUT2D eigenvalue weighted by Crippen LogP contribution is -2.09. The smallest absolute Gasteiger partial charge is 0.141 e. The minimum absolute atomic E-state index is 0.472. The van der Waals surface area contributed by atoms with Gasteiger partial charge in [0, 0.05) is 0 Å². The Balaban J connectivity index is 1.48. The predicted molar refractivity (Wildman–Crippen MR) is 91.6 cm³/mol. The molecule has 122 valence electrons. The minimum Gasteiger partial charge on any atom is -0.490 e. The molecule has 24 heavy (non-hydrogen) atoms. The summed E-state index contributed by atoms with van der Waals surface area (Å²) in [6, 6.07) is 15.6. The Labute approximate surface area is 140 Å². The molecule has 6 heteroatoms. The molecule has 0 saturated carbocycles. The van der Waals surface area contributed by atoms with Crippen LogP contribution < -0.4 is 9.47 Å². The van der Waals surface area contributed by atoms with Crippen LogP contribution in [0.3, 0.4) is 0 Å². The maximum absolute atomic E-state index is 5.71. The molecule has 2 aromatic carbocycles. The molecule has 0 saturated heterocycles. The van der Waals surface area contributed by atoms with E-state index in [1.807, 2.05) is 55.5 Å². The van der Waals surface area contributed by atoms with Crippen molar-refractivity contribution in [2.45, 2.75) is 6.92 Å². The highest BCUT2D eigenvalue weighted by atomic mass is 16.5. The lowest BCUT2D eigenvalue weighted by Gasteiger charge is -2.09. The third kappa shape index (κ3) is 4.67. The monoisotopic (exact) mass is 322 g/mol. The molecular formula is C18H18N4O2. The first-order valence-corrected chi connectivity index (χ1v) is 7.61. The molecule has 0 radical (unpaired) electrons. The van der Waals surface area contributed by atoms with Crippen LogP contribution in [0.2, 0.25) is 0 Å². The molecule has 0 atom stereocenters. The normalized spacial score (nSPS) is 10.9. The van der Waals surface area contributed by atoms with Crippen molar-refractivity contribution in [2.24, 2.45) is 5.10 Å². The minimum atomic E-state index is 0.472. The van der Waals surface area contributed by atoms with Gasteiger partial charge in [-0.25, -0.2) is 4.68 Å². The maximum Gasteiger partial charge on any atom is 0.141 e. The van der Waals surface area contributed by atoms with Gasteiger partial charge in [0.25, 0.3) is 0 Å². The van der Waals surface area contributed by atoms with E-state index < -0.39 is 0 Å². The largest absolute Gasteiger partial charge is 0.490 e. The van der Waals surface area contributed by atoms with Gasteiger partial charge in [-0.15, -0.1) is 10.2 Å². The van der Waals surface area contributed by atoms with E-state index in [0.717, 1.165) is 17.1 Å². The summed E-state index contributed by atoms with van der Waals surface area (Å²) >= 11 is 0. The summed E-state index contributed by atoms with van der Waals surface area (Å²) in [6.45, 7) is 3.01. The lowest BCUT2D eigenvalue weighted by molar-refractivity contribution is 0.217. The first-order valence-electron chi connectivity index (χ1n) is 7.61. The van der Waals surface area contributed by atoms with Crippen molar-refractivity contribution >= 4 is 6.21 Å². The van der Waals surface area contributed by atoms with Crippen LogP contribution in [0.1, 0.15) is 11.1 Å². The zero-order chi connectivity index (χ0) is 16.6. The van der Waals surface area contributed by atoms with Gasteiger partial charge < -0.3 is 9.47 Å². The van der Waals surface area contributed by atoms with Crippen molar-refractivity contribution in [1.29, 1.82) is 0 Å². The molecule has 0 fully saturated rings. The van der Waals surface area contributed by atoms with Crippen molar-refractivity contribution in [3.8, 4) is 11.5 Å². The highest BCUT2D eigenvalue weighted by molar-refractivity contribution is 5.80. The van der Waals surface area contributed by atoms with E-state index in [4.69, 9.17) is 9.47 Å². The highest BCUT2D eigenvalue weighted by Crippen LogP contribution is 2.13. The number of rotatable bonds is 7. The SMILES string of the molecule is Cc1ccc(OCCOc2cccc(/C=N/n3cnnc3)c2)cc1. The average molecular weight is 322 g/mol. The Morgan fingerprint density at radius 2 is 1.67 bits per heavy atom. The number of hydrogen-bond acceptors (Lipinski definition) is 5. The molecule has 0 aliphatic carbocycles. The Morgan fingerprint density at radius 1 is 0.958 bits per heavy atom. The Hall–Kier alpha value is -3.15. The van der Waals surface area contributed by atoms with Gasteiger partial charge in [-0.3, -0.25) is 0 Å². The van der Waals surface area contributed by atoms with Gasteiger partial charge in [0.1, 0.15) is 37.4 Å². The summed E-state index contributed by atoms with van der Waals surface area (Å²) in [6.07, 6.45) is 4.78. The number of ether oxygens (including phenoxy) is 2. The molecular weight excluding hydrogens is 304 g/mol. The van der Waals surface area contributed by atoms with Crippen LogP contribution in [0, 0.1) is 6.92 Å². The van der Waals surface area contributed by atoms with E-state index in [2.05, 4.69) is 15.3 Å². The van der Waals surface area contributed by atoms with Gasteiger partial charge in [-0.2, -0.15) is 5.10 Å². The van der Waals surface area contributed by atoms with E-state index in [-0.39, 0.29) is 0 Å². The number of benzene rings is 2. The Bertz CT molecular complexity index is 783. The number of aromatic nitrogens is 3. The van der Waals surface area contributed by atoms with Crippen molar-refractivity contribution in [3.63, 3.8) is 0 Å². The standard InChI is InChI=1S/C18H18N4O2/c1-15-5-7-17(8-6-15)23-9-10-24-18-4-2-3-16(11-18)12-21-22-13-19-20-14-22/h2-8,11-14H,9-10H2,1H3/b21-12+. The second-order valence-electron chi connectivity index (χ2n) is 5.17. The van der Waals surface area contributed by atoms with Gasteiger partial charge in [-0.1, -0.05) is 29.8 Å². The number of aryl methyl sites for hydroxylation is 1. The van der Waals surface area contributed by atoms with Crippen LogP contribution in [0.5, 0.6) is 11.5 Å². The van der Waals surface area contributed by atoms with Crippen LogP contribution in [0.15, 0.2) is 66.3 Å². The van der Waals surface area contributed by atoms with E-state index in [1.165, 1.54) is 22.9 Å². The lowest BCUT2D eigenvalue weighted by atomic mass is 10.2.